The minimum atomic E-state index is 0. The van der Waals surface area contributed by atoms with Gasteiger partial charge in [0.25, 0.3) is 0 Å². The largest absolute Gasteiger partial charge is 0.411 e. The van der Waals surface area contributed by atoms with E-state index in [2.05, 4.69) is 55.7 Å². The van der Waals surface area contributed by atoms with Crippen molar-refractivity contribution < 1.29 is 6.63 Å². The van der Waals surface area contributed by atoms with E-state index in [1.807, 2.05) is 0 Å². The molecule has 260 valence electrons. The predicted octanol–water partition coefficient (Wildman–Crippen LogP) is 2.90. The van der Waals surface area contributed by atoms with Crippen molar-refractivity contribution in [3.63, 3.8) is 0 Å². The second-order valence-corrected chi connectivity index (χ2v) is 14.6. The Morgan fingerprint density at radius 3 is 1.30 bits per heavy atom. The standard InChI is InChI=1S/C11H21N3O.2C11H23N3.CH4.H2/c1-13-5-7-14(8-6-13)11-4-2-3-10(9-11)12-15;2*1-13-5-7-14(8-6-13)11-4-2-3-10(12)9-11;;/h11,15H,2-9H2,1H3;2*10-11H,2-9,12H2,1H3;1H4;1H/b12-10-;;;;/t;2*10-,11+;;/m.10../s1/i;;;;1+1. The van der Waals surface area contributed by atoms with E-state index >= 15 is 0 Å². The summed E-state index contributed by atoms with van der Waals surface area (Å²) in [6.07, 6.45) is 14.7. The van der Waals surface area contributed by atoms with Gasteiger partial charge < -0.3 is 31.4 Å². The van der Waals surface area contributed by atoms with E-state index in [1.165, 1.54) is 143 Å². The number of hydrogen-bond acceptors (Lipinski definition) is 10. The first-order valence-corrected chi connectivity index (χ1v) is 17.8. The van der Waals surface area contributed by atoms with Crippen molar-refractivity contribution in [2.24, 2.45) is 16.6 Å². The number of nitrogens with zero attached hydrogens (tertiary/aromatic N) is 7. The first-order chi connectivity index (χ1) is 20.8. The molecule has 3 saturated heterocycles. The van der Waals surface area contributed by atoms with E-state index in [0.29, 0.717) is 18.1 Å². The van der Waals surface area contributed by atoms with E-state index < -0.39 is 0 Å². The number of oxime groups is 1. The molecule has 0 bridgehead atoms. The van der Waals surface area contributed by atoms with Gasteiger partial charge >= 0.3 is 0 Å². The summed E-state index contributed by atoms with van der Waals surface area (Å²) in [4.78, 5) is 15.1. The van der Waals surface area contributed by atoms with Crippen LogP contribution in [0.1, 0.15) is 85.9 Å². The van der Waals surface area contributed by atoms with Crippen LogP contribution in [0.4, 0.5) is 0 Å². The van der Waals surface area contributed by atoms with Crippen LogP contribution < -0.4 is 11.5 Å². The molecule has 6 rings (SSSR count). The zero-order chi connectivity index (χ0) is 30.6. The van der Waals surface area contributed by atoms with Gasteiger partial charge in [-0.1, -0.05) is 25.4 Å². The smallest absolute Gasteiger partial charge is 0.0586 e. The van der Waals surface area contributed by atoms with E-state index in [-0.39, 0.29) is 8.85 Å². The summed E-state index contributed by atoms with van der Waals surface area (Å²) >= 11 is 0. The molecule has 0 amide bonds. The molecule has 0 aromatic rings. The fourth-order valence-corrected chi connectivity index (χ4v) is 8.05. The van der Waals surface area contributed by atoms with Crippen molar-refractivity contribution in [2.75, 3.05) is 99.7 Å². The van der Waals surface area contributed by atoms with Crippen LogP contribution in [0.25, 0.3) is 0 Å². The Morgan fingerprint density at radius 2 is 0.932 bits per heavy atom. The molecule has 0 spiro atoms. The fraction of sp³-hybridized carbons (Fsp3) is 0.971. The molecule has 1 unspecified atom stereocenters. The van der Waals surface area contributed by atoms with Gasteiger partial charge in [0.1, 0.15) is 0 Å². The molecule has 0 aromatic carbocycles. The molecule has 0 aromatic heterocycles. The van der Waals surface area contributed by atoms with Crippen molar-refractivity contribution in [1.82, 2.24) is 29.4 Å². The minimum absolute atomic E-state index is 0. The number of hydrogen-bond donors (Lipinski definition) is 3. The maximum atomic E-state index is 8.81. The second kappa shape index (κ2) is 19.7. The molecule has 10 nitrogen and oxygen atoms in total. The SMILES string of the molecule is C.CN1CCN(C2CCC/C(=N/O)C2)CC1.CN1CCN([C@@H]2CCC[C@H](N)C2)CC1.CN1CCN([C@H]2CCC[C@@H](N)C2)CC1.[2HH]. The van der Waals surface area contributed by atoms with Crippen LogP contribution in [0.2, 0.25) is 0 Å². The Balaban J connectivity index is 0.000000230. The molecular formula is C34H73N9O. The van der Waals surface area contributed by atoms with E-state index in [0.717, 1.165) is 30.6 Å². The summed E-state index contributed by atoms with van der Waals surface area (Å²) in [5.41, 5.74) is 13.0. The van der Waals surface area contributed by atoms with E-state index in [4.69, 9.17) is 16.7 Å². The molecule has 5 N–H and O–H groups in total. The van der Waals surface area contributed by atoms with Gasteiger partial charge in [-0.2, -0.15) is 0 Å². The topological polar surface area (TPSA) is 104 Å². The summed E-state index contributed by atoms with van der Waals surface area (Å²) in [7, 11) is 6.60. The van der Waals surface area contributed by atoms with Crippen molar-refractivity contribution in [2.45, 2.75) is 115 Å². The van der Waals surface area contributed by atoms with Crippen molar-refractivity contribution >= 4 is 5.71 Å². The second-order valence-electron chi connectivity index (χ2n) is 14.6. The summed E-state index contributed by atoms with van der Waals surface area (Å²) in [5.74, 6) is 0. The van der Waals surface area contributed by atoms with Crippen LogP contribution in [-0.4, -0.2) is 170 Å². The summed E-state index contributed by atoms with van der Waals surface area (Å²) in [6.45, 7) is 14.6. The van der Waals surface area contributed by atoms with Crippen LogP contribution in [-0.2, 0) is 0 Å². The highest BCUT2D eigenvalue weighted by molar-refractivity contribution is 5.85. The van der Waals surface area contributed by atoms with Crippen LogP contribution in [0.5, 0.6) is 0 Å². The third-order valence-corrected chi connectivity index (χ3v) is 11.2. The molecule has 10 heteroatoms. The average molecular weight is 625 g/mol. The summed E-state index contributed by atoms with van der Waals surface area (Å²) < 4.78 is 0. The van der Waals surface area contributed by atoms with Gasteiger partial charge in [-0.3, -0.25) is 14.7 Å². The van der Waals surface area contributed by atoms with Crippen molar-refractivity contribution in [1.29, 1.82) is 0 Å². The van der Waals surface area contributed by atoms with E-state index in [9.17, 15) is 0 Å². The fourth-order valence-electron chi connectivity index (χ4n) is 8.05. The predicted molar refractivity (Wildman–Crippen MR) is 188 cm³/mol. The summed E-state index contributed by atoms with van der Waals surface area (Å²) in [6, 6.07) is 3.13. The highest BCUT2D eigenvalue weighted by atomic mass is 16.4. The van der Waals surface area contributed by atoms with Crippen molar-refractivity contribution in [3.05, 3.63) is 0 Å². The van der Waals surface area contributed by atoms with Gasteiger partial charge in [-0.25, -0.2) is 0 Å². The normalized spacial score (nSPS) is 35.1. The van der Waals surface area contributed by atoms with Gasteiger partial charge in [-0.15, -0.1) is 0 Å². The van der Waals surface area contributed by atoms with Crippen molar-refractivity contribution in [3.8, 4) is 0 Å². The lowest BCUT2D eigenvalue weighted by atomic mass is 9.90. The zero-order valence-electron chi connectivity index (χ0n) is 28.1. The third kappa shape index (κ3) is 12.4. The quantitative estimate of drug-likeness (QED) is 0.323. The van der Waals surface area contributed by atoms with Crippen LogP contribution >= 0.6 is 0 Å². The monoisotopic (exact) mass is 625 g/mol. The molecule has 44 heavy (non-hydrogen) atoms. The maximum absolute atomic E-state index is 8.81. The maximum Gasteiger partial charge on any atom is 0.0586 e. The Hall–Kier alpha value is -0.850. The van der Waals surface area contributed by atoms with Crippen LogP contribution in [0.15, 0.2) is 5.16 Å². The zero-order valence-corrected chi connectivity index (χ0v) is 28.1. The molecule has 6 aliphatic rings. The Bertz CT molecular complexity index is 759. The average Bonchev–Trinajstić information content (AvgIpc) is 3.03. The third-order valence-electron chi connectivity index (χ3n) is 11.2. The molecule has 0 radical (unpaired) electrons. The lowest BCUT2D eigenvalue weighted by molar-refractivity contribution is 0.0868. The first-order valence-electron chi connectivity index (χ1n) is 17.8. The summed E-state index contributed by atoms with van der Waals surface area (Å²) in [5, 5.41) is 12.2. The molecule has 3 aliphatic heterocycles. The Labute approximate surface area is 272 Å². The molecule has 6 fully saturated rings. The molecule has 3 aliphatic carbocycles. The number of nitrogens with two attached hydrogens (primary N) is 2. The highest BCUT2D eigenvalue weighted by Gasteiger charge is 2.29. The van der Waals surface area contributed by atoms with Gasteiger partial charge in [0, 0.05) is 117 Å². The van der Waals surface area contributed by atoms with Gasteiger partial charge in [-0.05, 0) is 78.9 Å². The van der Waals surface area contributed by atoms with Crippen LogP contribution in [0.3, 0.4) is 0 Å². The number of piperazine rings is 3. The lowest BCUT2D eigenvalue weighted by Gasteiger charge is -2.40. The van der Waals surface area contributed by atoms with Crippen LogP contribution in [0, 0.1) is 0 Å². The highest BCUT2D eigenvalue weighted by Crippen LogP contribution is 2.24. The van der Waals surface area contributed by atoms with Gasteiger partial charge in [0.2, 0.25) is 0 Å². The Kier molecular flexibility index (Phi) is 16.9. The molecule has 3 saturated carbocycles. The Morgan fingerprint density at radius 1 is 0.568 bits per heavy atom. The first kappa shape index (κ1) is 37.6. The van der Waals surface area contributed by atoms with Gasteiger partial charge in [0.15, 0.2) is 0 Å². The lowest BCUT2D eigenvalue weighted by Crippen LogP contribution is -2.51. The number of likely N-dealkylation sites (N-methyl/N-ethyl adjacent to an activating group) is 3. The molecular weight excluding hydrogens is 550 g/mol. The number of rotatable bonds is 3. The molecule has 3 heterocycles. The van der Waals surface area contributed by atoms with Gasteiger partial charge in [0.05, 0.1) is 5.71 Å². The minimum Gasteiger partial charge on any atom is -0.411 e. The van der Waals surface area contributed by atoms with E-state index in [1.54, 1.807) is 0 Å². The molecule has 5 atom stereocenters.